The second-order valence-corrected chi connectivity index (χ2v) is 3.04. The van der Waals surface area contributed by atoms with Gasteiger partial charge in [0, 0.05) is 6.42 Å². The summed E-state index contributed by atoms with van der Waals surface area (Å²) in [6.45, 7) is 2.04. The van der Waals surface area contributed by atoms with Crippen LogP contribution >= 0.6 is 0 Å². The Bertz CT molecular complexity index is 341. The molecule has 0 saturated carbocycles. The molecule has 0 amide bonds. The number of carbonyl (C=O) groups excluding carboxylic acids is 1. The molecule has 0 spiro atoms. The van der Waals surface area contributed by atoms with Crippen LogP contribution in [0.15, 0.2) is 42.2 Å². The summed E-state index contributed by atoms with van der Waals surface area (Å²) in [5, 5.41) is 8.92. The first-order valence-corrected chi connectivity index (χ1v) is 4.82. The van der Waals surface area contributed by atoms with Crippen molar-refractivity contribution >= 4 is 5.97 Å². The summed E-state index contributed by atoms with van der Waals surface area (Å²) in [6.07, 6.45) is 1.20. The average molecular weight is 206 g/mol. The van der Waals surface area contributed by atoms with E-state index in [2.05, 4.69) is 0 Å². The summed E-state index contributed by atoms with van der Waals surface area (Å²) in [4.78, 5) is 11.3. The predicted molar refractivity (Wildman–Crippen MR) is 57.5 cm³/mol. The zero-order chi connectivity index (χ0) is 11.1. The van der Waals surface area contributed by atoms with Gasteiger partial charge in [0.25, 0.3) is 0 Å². The number of esters is 1. The minimum atomic E-state index is -0.469. The molecule has 1 N–H and O–H groups in total. The van der Waals surface area contributed by atoms with E-state index in [1.165, 1.54) is 0 Å². The van der Waals surface area contributed by atoms with E-state index in [4.69, 9.17) is 9.84 Å². The van der Waals surface area contributed by atoms with Crippen molar-refractivity contribution in [3.8, 4) is 0 Å². The van der Waals surface area contributed by atoms with Crippen molar-refractivity contribution in [2.75, 3.05) is 6.61 Å². The van der Waals surface area contributed by atoms with Gasteiger partial charge in [-0.25, -0.2) is 4.79 Å². The number of aliphatic hydroxyl groups is 1. The average Bonchev–Trinajstić information content (AvgIpc) is 2.27. The van der Waals surface area contributed by atoms with Gasteiger partial charge in [-0.1, -0.05) is 30.3 Å². The zero-order valence-electron chi connectivity index (χ0n) is 8.64. The first-order chi connectivity index (χ1) is 7.27. The molecule has 1 aromatic carbocycles. The highest BCUT2D eigenvalue weighted by Crippen LogP contribution is 2.08. The van der Waals surface area contributed by atoms with Crippen LogP contribution < -0.4 is 0 Å². The number of benzene rings is 1. The van der Waals surface area contributed by atoms with E-state index in [0.29, 0.717) is 13.0 Å². The lowest BCUT2D eigenvalue weighted by molar-refractivity contribution is -0.138. The molecule has 0 saturated heterocycles. The summed E-state index contributed by atoms with van der Waals surface area (Å²) >= 11 is 0. The molecule has 15 heavy (non-hydrogen) atoms. The molecule has 3 nitrogen and oxygen atoms in total. The van der Waals surface area contributed by atoms with Gasteiger partial charge in [-0.15, -0.1) is 0 Å². The highest BCUT2D eigenvalue weighted by molar-refractivity contribution is 5.88. The molecular weight excluding hydrogens is 192 g/mol. The first kappa shape index (κ1) is 11.3. The van der Waals surface area contributed by atoms with Crippen molar-refractivity contribution < 1.29 is 14.6 Å². The van der Waals surface area contributed by atoms with Crippen LogP contribution in [-0.2, 0) is 16.0 Å². The molecule has 0 aliphatic carbocycles. The summed E-state index contributed by atoms with van der Waals surface area (Å²) in [6, 6.07) is 9.45. The van der Waals surface area contributed by atoms with Crippen LogP contribution in [-0.4, -0.2) is 17.7 Å². The summed E-state index contributed by atoms with van der Waals surface area (Å²) < 4.78 is 4.80. The lowest BCUT2D eigenvalue weighted by Crippen LogP contribution is -2.09. The maximum Gasteiger partial charge on any atom is 0.337 e. The molecule has 0 atom stereocenters. The van der Waals surface area contributed by atoms with Crippen LogP contribution in [0.3, 0.4) is 0 Å². The van der Waals surface area contributed by atoms with Crippen molar-refractivity contribution in [3.63, 3.8) is 0 Å². The summed E-state index contributed by atoms with van der Waals surface area (Å²) in [5.74, 6) is -0.469. The van der Waals surface area contributed by atoms with Gasteiger partial charge in [-0.2, -0.15) is 0 Å². The minimum Gasteiger partial charge on any atom is -0.515 e. The summed E-state index contributed by atoms with van der Waals surface area (Å²) in [5.41, 5.74) is 1.23. The maximum absolute atomic E-state index is 11.3. The minimum absolute atomic E-state index is 0.267. The van der Waals surface area contributed by atoms with Crippen LogP contribution in [0.2, 0.25) is 0 Å². The van der Waals surface area contributed by atoms with E-state index in [-0.39, 0.29) is 5.57 Å². The Kier molecular flexibility index (Phi) is 4.41. The van der Waals surface area contributed by atoms with Crippen molar-refractivity contribution in [2.45, 2.75) is 13.3 Å². The van der Waals surface area contributed by atoms with Crippen LogP contribution in [0.5, 0.6) is 0 Å². The van der Waals surface area contributed by atoms with Gasteiger partial charge >= 0.3 is 5.97 Å². The molecule has 0 aromatic heterocycles. The van der Waals surface area contributed by atoms with Crippen LogP contribution in [0.1, 0.15) is 12.5 Å². The fraction of sp³-hybridized carbons (Fsp3) is 0.250. The highest BCUT2D eigenvalue weighted by Gasteiger charge is 2.10. The Morgan fingerprint density at radius 3 is 2.60 bits per heavy atom. The standard InChI is InChI=1S/C12H14O3/c1-2-15-12(14)11(9-13)8-10-6-4-3-5-7-10/h3-7,9,13H,2,8H2,1H3/b11-9-. The Labute approximate surface area is 89.0 Å². The SMILES string of the molecule is CCOC(=O)/C(=C\O)Cc1ccccc1. The predicted octanol–water partition coefficient (Wildman–Crippen LogP) is 2.23. The molecule has 0 fully saturated rings. The van der Waals surface area contributed by atoms with Crippen LogP contribution in [0, 0.1) is 0 Å². The van der Waals surface area contributed by atoms with Gasteiger partial charge in [0.2, 0.25) is 0 Å². The zero-order valence-corrected chi connectivity index (χ0v) is 8.64. The Hall–Kier alpha value is -1.77. The molecule has 80 valence electrons. The van der Waals surface area contributed by atoms with Crippen molar-refractivity contribution in [3.05, 3.63) is 47.7 Å². The molecule has 0 bridgehead atoms. The number of hydrogen-bond donors (Lipinski definition) is 1. The van der Waals surface area contributed by atoms with Gasteiger partial charge in [-0.3, -0.25) is 0 Å². The molecule has 3 heteroatoms. The first-order valence-electron chi connectivity index (χ1n) is 4.82. The van der Waals surface area contributed by atoms with Gasteiger partial charge in [0.1, 0.15) is 0 Å². The van der Waals surface area contributed by atoms with E-state index in [1.54, 1.807) is 6.92 Å². The molecule has 0 aliphatic rings. The molecule has 0 heterocycles. The van der Waals surface area contributed by atoms with E-state index in [0.717, 1.165) is 11.8 Å². The lowest BCUT2D eigenvalue weighted by atomic mass is 10.1. The molecule has 1 aromatic rings. The Morgan fingerprint density at radius 1 is 1.40 bits per heavy atom. The number of aliphatic hydroxyl groups excluding tert-OH is 1. The quantitative estimate of drug-likeness (QED) is 0.467. The fourth-order valence-corrected chi connectivity index (χ4v) is 1.21. The lowest BCUT2D eigenvalue weighted by Gasteiger charge is -2.05. The van der Waals surface area contributed by atoms with E-state index >= 15 is 0 Å². The third kappa shape index (κ3) is 3.46. The molecule has 0 aliphatic heterocycles. The van der Waals surface area contributed by atoms with Crippen LogP contribution in [0.4, 0.5) is 0 Å². The van der Waals surface area contributed by atoms with Crippen molar-refractivity contribution in [1.82, 2.24) is 0 Å². The largest absolute Gasteiger partial charge is 0.515 e. The molecule has 0 radical (unpaired) electrons. The second kappa shape index (κ2) is 5.86. The van der Waals surface area contributed by atoms with Crippen molar-refractivity contribution in [1.29, 1.82) is 0 Å². The van der Waals surface area contributed by atoms with Crippen LogP contribution in [0.25, 0.3) is 0 Å². The molecule has 0 unspecified atom stereocenters. The molecule has 1 rings (SSSR count). The topological polar surface area (TPSA) is 46.5 Å². The van der Waals surface area contributed by atoms with E-state index in [1.807, 2.05) is 30.3 Å². The van der Waals surface area contributed by atoms with Gasteiger partial charge in [0.15, 0.2) is 0 Å². The fourth-order valence-electron chi connectivity index (χ4n) is 1.21. The molecular formula is C12H14O3. The van der Waals surface area contributed by atoms with Gasteiger partial charge in [0.05, 0.1) is 18.4 Å². The second-order valence-electron chi connectivity index (χ2n) is 3.04. The number of ether oxygens (including phenoxy) is 1. The van der Waals surface area contributed by atoms with Crippen molar-refractivity contribution in [2.24, 2.45) is 0 Å². The summed E-state index contributed by atoms with van der Waals surface area (Å²) in [7, 11) is 0. The van der Waals surface area contributed by atoms with E-state index < -0.39 is 5.97 Å². The number of rotatable bonds is 4. The highest BCUT2D eigenvalue weighted by atomic mass is 16.5. The maximum atomic E-state index is 11.3. The smallest absolute Gasteiger partial charge is 0.337 e. The normalized spacial score (nSPS) is 11.1. The third-order valence-electron chi connectivity index (χ3n) is 1.93. The third-order valence-corrected chi connectivity index (χ3v) is 1.93. The van der Waals surface area contributed by atoms with E-state index in [9.17, 15) is 4.79 Å². The Morgan fingerprint density at radius 2 is 2.07 bits per heavy atom. The number of carbonyl (C=O) groups is 1. The Balaban J connectivity index is 2.67. The number of hydrogen-bond acceptors (Lipinski definition) is 3. The van der Waals surface area contributed by atoms with Gasteiger partial charge < -0.3 is 9.84 Å². The van der Waals surface area contributed by atoms with Gasteiger partial charge in [-0.05, 0) is 12.5 Å². The monoisotopic (exact) mass is 206 g/mol.